The number of hydrogen-bond acceptors (Lipinski definition) is 3. The lowest BCUT2D eigenvalue weighted by atomic mass is 9.95. The van der Waals surface area contributed by atoms with Crippen LogP contribution in [0.5, 0.6) is 5.75 Å². The van der Waals surface area contributed by atoms with E-state index < -0.39 is 0 Å². The normalized spacial score (nSPS) is 16.6. The molecule has 0 spiro atoms. The second-order valence-corrected chi connectivity index (χ2v) is 4.76. The fourth-order valence-electron chi connectivity index (χ4n) is 2.37. The van der Waals surface area contributed by atoms with E-state index in [0.29, 0.717) is 5.75 Å². The van der Waals surface area contributed by atoms with E-state index in [2.05, 4.69) is 10.6 Å². The smallest absolute Gasteiger partial charge is 0.167 e. The second kappa shape index (κ2) is 6.59. The van der Waals surface area contributed by atoms with Crippen LogP contribution < -0.4 is 15.4 Å². The average Bonchev–Trinajstić information content (AvgIpc) is 2.40. The zero-order valence-electron chi connectivity index (χ0n) is 10.8. The summed E-state index contributed by atoms with van der Waals surface area (Å²) in [6.45, 7) is 3.15. The minimum Gasteiger partial charge on any atom is -0.494 e. The maximum absolute atomic E-state index is 13.5. The molecular formula is C14H21FN2O. The molecule has 0 unspecified atom stereocenters. The molecule has 0 saturated carbocycles. The summed E-state index contributed by atoms with van der Waals surface area (Å²) in [7, 11) is 1.47. The summed E-state index contributed by atoms with van der Waals surface area (Å²) in [6.07, 6.45) is 3.65. The third kappa shape index (κ3) is 3.60. The van der Waals surface area contributed by atoms with Crippen LogP contribution in [0.15, 0.2) is 18.2 Å². The number of rotatable bonds is 5. The molecule has 3 nitrogen and oxygen atoms in total. The third-order valence-electron chi connectivity index (χ3n) is 3.49. The molecule has 2 N–H and O–H groups in total. The van der Waals surface area contributed by atoms with E-state index in [-0.39, 0.29) is 5.82 Å². The number of nitrogens with one attached hydrogen (secondary N) is 2. The SMILES string of the molecule is COc1ccc(NCCC2CCNCC2)cc1F. The van der Waals surface area contributed by atoms with Crippen molar-refractivity contribution in [1.82, 2.24) is 5.32 Å². The molecule has 0 aliphatic carbocycles. The lowest BCUT2D eigenvalue weighted by Gasteiger charge is -2.22. The van der Waals surface area contributed by atoms with Crippen molar-refractivity contribution in [3.05, 3.63) is 24.0 Å². The van der Waals surface area contributed by atoms with Gasteiger partial charge in [0.25, 0.3) is 0 Å². The van der Waals surface area contributed by atoms with E-state index >= 15 is 0 Å². The molecule has 1 fully saturated rings. The molecule has 1 saturated heterocycles. The molecule has 1 aromatic rings. The Kier molecular flexibility index (Phi) is 4.81. The van der Waals surface area contributed by atoms with E-state index in [1.165, 1.54) is 26.0 Å². The van der Waals surface area contributed by atoms with Crippen LogP contribution in [-0.2, 0) is 0 Å². The van der Waals surface area contributed by atoms with Crippen LogP contribution in [0, 0.1) is 11.7 Å². The topological polar surface area (TPSA) is 33.3 Å². The quantitative estimate of drug-likeness (QED) is 0.845. The molecule has 0 atom stereocenters. The Hall–Kier alpha value is -1.29. The van der Waals surface area contributed by atoms with Crippen LogP contribution in [0.4, 0.5) is 10.1 Å². The maximum atomic E-state index is 13.5. The zero-order valence-corrected chi connectivity index (χ0v) is 10.8. The first-order chi connectivity index (χ1) is 8.79. The van der Waals surface area contributed by atoms with Crippen molar-refractivity contribution in [3.63, 3.8) is 0 Å². The van der Waals surface area contributed by atoms with Crippen LogP contribution >= 0.6 is 0 Å². The van der Waals surface area contributed by atoms with E-state index in [1.807, 2.05) is 6.07 Å². The van der Waals surface area contributed by atoms with E-state index in [4.69, 9.17) is 4.74 Å². The highest BCUT2D eigenvalue weighted by molar-refractivity contribution is 5.47. The minimum atomic E-state index is -0.315. The summed E-state index contributed by atoms with van der Waals surface area (Å²) in [5, 5.41) is 6.63. The zero-order chi connectivity index (χ0) is 12.8. The Morgan fingerprint density at radius 2 is 2.17 bits per heavy atom. The van der Waals surface area contributed by atoms with Crippen LogP contribution in [-0.4, -0.2) is 26.7 Å². The molecule has 1 aromatic carbocycles. The van der Waals surface area contributed by atoms with Gasteiger partial charge in [-0.25, -0.2) is 4.39 Å². The van der Waals surface area contributed by atoms with Gasteiger partial charge in [-0.05, 0) is 50.4 Å². The van der Waals surface area contributed by atoms with Gasteiger partial charge in [0.05, 0.1) is 7.11 Å². The maximum Gasteiger partial charge on any atom is 0.167 e. The molecule has 0 bridgehead atoms. The molecule has 4 heteroatoms. The first-order valence-corrected chi connectivity index (χ1v) is 6.57. The van der Waals surface area contributed by atoms with Crippen molar-refractivity contribution in [2.75, 3.05) is 32.1 Å². The van der Waals surface area contributed by atoms with Gasteiger partial charge in [0, 0.05) is 18.3 Å². The van der Waals surface area contributed by atoms with Gasteiger partial charge in [0.15, 0.2) is 11.6 Å². The molecule has 1 aliphatic heterocycles. The van der Waals surface area contributed by atoms with E-state index in [1.54, 1.807) is 6.07 Å². The lowest BCUT2D eigenvalue weighted by Crippen LogP contribution is -2.28. The molecule has 1 heterocycles. The Morgan fingerprint density at radius 1 is 1.39 bits per heavy atom. The molecule has 0 amide bonds. The largest absolute Gasteiger partial charge is 0.494 e. The van der Waals surface area contributed by atoms with Crippen molar-refractivity contribution in [2.45, 2.75) is 19.3 Å². The van der Waals surface area contributed by atoms with Gasteiger partial charge in [0.2, 0.25) is 0 Å². The van der Waals surface area contributed by atoms with Gasteiger partial charge in [-0.3, -0.25) is 0 Å². The molecule has 1 aliphatic rings. The number of ether oxygens (including phenoxy) is 1. The third-order valence-corrected chi connectivity index (χ3v) is 3.49. The standard InChI is InChI=1S/C14H21FN2O/c1-18-14-3-2-12(10-13(14)15)17-9-6-11-4-7-16-8-5-11/h2-3,10-11,16-17H,4-9H2,1H3. The Labute approximate surface area is 108 Å². The van der Waals surface area contributed by atoms with E-state index in [0.717, 1.165) is 37.7 Å². The van der Waals surface area contributed by atoms with Gasteiger partial charge in [-0.15, -0.1) is 0 Å². The number of benzene rings is 1. The van der Waals surface area contributed by atoms with Crippen LogP contribution in [0.1, 0.15) is 19.3 Å². The predicted molar refractivity (Wildman–Crippen MR) is 71.7 cm³/mol. The van der Waals surface area contributed by atoms with Gasteiger partial charge in [0.1, 0.15) is 0 Å². The lowest BCUT2D eigenvalue weighted by molar-refractivity contribution is 0.361. The average molecular weight is 252 g/mol. The first kappa shape index (κ1) is 13.1. The van der Waals surface area contributed by atoms with Crippen LogP contribution in [0.25, 0.3) is 0 Å². The minimum absolute atomic E-state index is 0.291. The highest BCUT2D eigenvalue weighted by Gasteiger charge is 2.12. The van der Waals surface area contributed by atoms with Crippen molar-refractivity contribution in [2.24, 2.45) is 5.92 Å². The monoisotopic (exact) mass is 252 g/mol. The Bertz CT molecular complexity index is 378. The molecule has 100 valence electrons. The number of methoxy groups -OCH3 is 1. The van der Waals surface area contributed by atoms with Crippen molar-refractivity contribution in [3.8, 4) is 5.75 Å². The summed E-state index contributed by atoms with van der Waals surface area (Å²) in [4.78, 5) is 0. The number of hydrogen-bond donors (Lipinski definition) is 2. The highest BCUT2D eigenvalue weighted by atomic mass is 19.1. The summed E-state index contributed by atoms with van der Waals surface area (Å²) in [5.41, 5.74) is 0.822. The first-order valence-electron chi connectivity index (χ1n) is 6.57. The molecule has 0 aromatic heterocycles. The molecule has 2 rings (SSSR count). The Morgan fingerprint density at radius 3 is 2.83 bits per heavy atom. The summed E-state index contributed by atoms with van der Waals surface area (Å²) < 4.78 is 18.3. The van der Waals surface area contributed by atoms with Gasteiger partial charge in [-0.2, -0.15) is 0 Å². The van der Waals surface area contributed by atoms with E-state index in [9.17, 15) is 4.39 Å². The van der Waals surface area contributed by atoms with Crippen molar-refractivity contribution >= 4 is 5.69 Å². The van der Waals surface area contributed by atoms with Crippen LogP contribution in [0.3, 0.4) is 0 Å². The molecule has 0 radical (unpaired) electrons. The Balaban J connectivity index is 1.77. The number of halogens is 1. The van der Waals surface area contributed by atoms with Crippen LogP contribution in [0.2, 0.25) is 0 Å². The van der Waals surface area contributed by atoms with Gasteiger partial charge < -0.3 is 15.4 Å². The second-order valence-electron chi connectivity index (χ2n) is 4.76. The summed E-state index contributed by atoms with van der Waals surface area (Å²) in [5.74, 6) is 0.769. The van der Waals surface area contributed by atoms with Gasteiger partial charge >= 0.3 is 0 Å². The molecular weight excluding hydrogens is 231 g/mol. The number of piperidine rings is 1. The van der Waals surface area contributed by atoms with Gasteiger partial charge in [-0.1, -0.05) is 0 Å². The van der Waals surface area contributed by atoms with Crippen molar-refractivity contribution < 1.29 is 9.13 Å². The summed E-state index contributed by atoms with van der Waals surface area (Å²) in [6, 6.07) is 4.99. The predicted octanol–water partition coefficient (Wildman–Crippen LogP) is 2.64. The van der Waals surface area contributed by atoms with Crippen molar-refractivity contribution in [1.29, 1.82) is 0 Å². The molecule has 18 heavy (non-hydrogen) atoms. The fourth-order valence-corrected chi connectivity index (χ4v) is 2.37. The highest BCUT2D eigenvalue weighted by Crippen LogP contribution is 2.21. The number of anilines is 1. The fraction of sp³-hybridized carbons (Fsp3) is 0.571. The summed E-state index contributed by atoms with van der Waals surface area (Å²) >= 11 is 0.